The van der Waals surface area contributed by atoms with Crippen molar-refractivity contribution in [3.05, 3.63) is 28.3 Å². The number of fused-ring (bicyclic) bond motifs is 2. The first kappa shape index (κ1) is 23.0. The second kappa shape index (κ2) is 8.67. The highest BCUT2D eigenvalue weighted by Crippen LogP contribution is 2.38. The Labute approximate surface area is 190 Å². The molecule has 9 heteroatoms. The smallest absolute Gasteiger partial charge is 0.332 e. The van der Waals surface area contributed by atoms with Crippen molar-refractivity contribution < 1.29 is 18.0 Å². The third-order valence-electron chi connectivity index (χ3n) is 7.08. The standard InChI is InChI=1S/C23H34N4O4S/c1-14(2)27-13-17(12-20(27)22(28)26(3)4)32(30,31)25-23(29)24-21-18-9-5-7-15(18)11-16-8-6-10-19(16)21/h11,14,17,20H,5-10,12-13H2,1-4H3,(H2,24,25,29). The summed E-state index contributed by atoms with van der Waals surface area (Å²) in [6.45, 7) is 4.11. The summed E-state index contributed by atoms with van der Waals surface area (Å²) in [5, 5.41) is 2.07. The first-order valence-electron chi connectivity index (χ1n) is 11.5. The highest BCUT2D eigenvalue weighted by atomic mass is 32.2. The van der Waals surface area contributed by atoms with Crippen molar-refractivity contribution in [3.63, 3.8) is 0 Å². The van der Waals surface area contributed by atoms with Crippen molar-refractivity contribution >= 4 is 27.6 Å². The number of aryl methyl sites for hydroxylation is 2. The monoisotopic (exact) mass is 462 g/mol. The van der Waals surface area contributed by atoms with Gasteiger partial charge < -0.3 is 10.2 Å². The molecule has 2 unspecified atom stereocenters. The number of anilines is 1. The number of urea groups is 1. The molecule has 2 aliphatic carbocycles. The lowest BCUT2D eigenvalue weighted by Gasteiger charge is -2.28. The van der Waals surface area contributed by atoms with Crippen LogP contribution >= 0.6 is 0 Å². The molecule has 4 rings (SSSR count). The second-order valence-corrected chi connectivity index (χ2v) is 11.7. The largest absolute Gasteiger partial charge is 0.347 e. The molecule has 2 N–H and O–H groups in total. The zero-order valence-corrected chi connectivity index (χ0v) is 20.2. The van der Waals surface area contributed by atoms with Crippen molar-refractivity contribution in [1.82, 2.24) is 14.5 Å². The molecule has 2 atom stereocenters. The van der Waals surface area contributed by atoms with E-state index in [9.17, 15) is 18.0 Å². The van der Waals surface area contributed by atoms with Gasteiger partial charge in [-0.3, -0.25) is 9.69 Å². The normalized spacial score (nSPS) is 22.7. The van der Waals surface area contributed by atoms with Crippen molar-refractivity contribution in [2.45, 2.75) is 76.1 Å². The van der Waals surface area contributed by atoms with Crippen LogP contribution in [-0.4, -0.2) is 68.1 Å². The van der Waals surface area contributed by atoms with E-state index in [2.05, 4.69) is 16.1 Å². The molecule has 32 heavy (non-hydrogen) atoms. The highest BCUT2D eigenvalue weighted by molar-refractivity contribution is 7.90. The molecule has 1 aliphatic heterocycles. The van der Waals surface area contributed by atoms with Gasteiger partial charge in [0.05, 0.1) is 11.3 Å². The van der Waals surface area contributed by atoms with Gasteiger partial charge in [0, 0.05) is 32.4 Å². The number of hydrogen-bond acceptors (Lipinski definition) is 5. The average molecular weight is 463 g/mol. The van der Waals surface area contributed by atoms with E-state index < -0.39 is 27.3 Å². The van der Waals surface area contributed by atoms with Gasteiger partial charge in [0.1, 0.15) is 0 Å². The Morgan fingerprint density at radius 2 is 1.66 bits per heavy atom. The number of benzene rings is 1. The molecule has 0 radical (unpaired) electrons. The van der Waals surface area contributed by atoms with Crippen LogP contribution in [0.25, 0.3) is 0 Å². The van der Waals surface area contributed by atoms with Crippen molar-refractivity contribution in [2.75, 3.05) is 26.0 Å². The van der Waals surface area contributed by atoms with Gasteiger partial charge in [0.25, 0.3) is 0 Å². The summed E-state index contributed by atoms with van der Waals surface area (Å²) in [7, 11) is -0.597. The topological polar surface area (TPSA) is 98.8 Å². The van der Waals surface area contributed by atoms with E-state index >= 15 is 0 Å². The number of carbonyl (C=O) groups excluding carboxylic acids is 2. The van der Waals surface area contributed by atoms with Crippen molar-refractivity contribution in [1.29, 1.82) is 0 Å². The van der Waals surface area contributed by atoms with Crippen LogP contribution in [0.1, 0.15) is 55.4 Å². The fraction of sp³-hybridized carbons (Fsp3) is 0.652. The van der Waals surface area contributed by atoms with Gasteiger partial charge in [-0.25, -0.2) is 17.9 Å². The molecule has 1 fully saturated rings. The number of hydrogen-bond donors (Lipinski definition) is 2. The van der Waals surface area contributed by atoms with Crippen molar-refractivity contribution in [2.24, 2.45) is 0 Å². The second-order valence-electron chi connectivity index (χ2n) is 9.73. The van der Waals surface area contributed by atoms with Crippen LogP contribution < -0.4 is 10.0 Å². The summed E-state index contributed by atoms with van der Waals surface area (Å²) in [6, 6.07) is 1.08. The Kier molecular flexibility index (Phi) is 6.24. The van der Waals surface area contributed by atoms with E-state index in [0.29, 0.717) is 0 Å². The van der Waals surface area contributed by atoms with E-state index in [1.165, 1.54) is 16.0 Å². The van der Waals surface area contributed by atoms with Crippen LogP contribution in [0, 0.1) is 0 Å². The first-order chi connectivity index (χ1) is 15.1. The lowest BCUT2D eigenvalue weighted by atomic mass is 9.99. The summed E-state index contributed by atoms with van der Waals surface area (Å²) in [6.07, 6.45) is 6.12. The fourth-order valence-electron chi connectivity index (χ4n) is 5.48. The van der Waals surface area contributed by atoms with Gasteiger partial charge >= 0.3 is 6.03 Å². The number of likely N-dealkylation sites (tertiary alicyclic amines) is 1. The zero-order chi connectivity index (χ0) is 23.2. The van der Waals surface area contributed by atoms with Crippen LogP contribution in [0.15, 0.2) is 6.07 Å². The Hall–Kier alpha value is -2.13. The quantitative estimate of drug-likeness (QED) is 0.698. The molecule has 1 aromatic rings. The van der Waals surface area contributed by atoms with Crippen LogP contribution in [0.2, 0.25) is 0 Å². The summed E-state index contributed by atoms with van der Waals surface area (Å²) >= 11 is 0. The minimum absolute atomic E-state index is 0.0208. The number of likely N-dealkylation sites (N-methyl/N-ethyl adjacent to an activating group) is 1. The summed E-state index contributed by atoms with van der Waals surface area (Å²) in [5.74, 6) is -0.115. The molecule has 0 aromatic heterocycles. The lowest BCUT2D eigenvalue weighted by Crippen LogP contribution is -2.45. The Morgan fingerprint density at radius 3 is 2.19 bits per heavy atom. The molecule has 0 bridgehead atoms. The molecule has 3 aliphatic rings. The molecule has 0 saturated carbocycles. The fourth-order valence-corrected chi connectivity index (χ4v) is 6.76. The summed E-state index contributed by atoms with van der Waals surface area (Å²) in [4.78, 5) is 28.8. The van der Waals surface area contributed by atoms with Gasteiger partial charge in [0.15, 0.2) is 0 Å². The molecule has 1 aromatic carbocycles. The number of amides is 3. The average Bonchev–Trinajstić information content (AvgIpc) is 3.45. The van der Waals surface area contributed by atoms with Gasteiger partial charge in [-0.05, 0) is 81.0 Å². The summed E-state index contributed by atoms with van der Waals surface area (Å²) in [5.41, 5.74) is 5.67. The van der Waals surface area contributed by atoms with Gasteiger partial charge in [-0.2, -0.15) is 0 Å². The number of sulfonamides is 1. The maximum Gasteiger partial charge on any atom is 0.332 e. The predicted molar refractivity (Wildman–Crippen MR) is 124 cm³/mol. The number of nitrogens with one attached hydrogen (secondary N) is 2. The molecule has 176 valence electrons. The maximum atomic E-state index is 13.1. The summed E-state index contributed by atoms with van der Waals surface area (Å²) < 4.78 is 28.4. The highest BCUT2D eigenvalue weighted by Gasteiger charge is 2.44. The van der Waals surface area contributed by atoms with Crippen LogP contribution in [0.4, 0.5) is 10.5 Å². The first-order valence-corrected chi connectivity index (χ1v) is 13.1. The van der Waals surface area contributed by atoms with E-state index in [-0.39, 0.29) is 24.9 Å². The third kappa shape index (κ3) is 4.24. The number of rotatable bonds is 5. The minimum atomic E-state index is -3.94. The molecule has 3 amide bonds. The Balaban J connectivity index is 1.50. The van der Waals surface area contributed by atoms with Gasteiger partial charge in [-0.15, -0.1) is 0 Å². The van der Waals surface area contributed by atoms with Gasteiger partial charge in [-0.1, -0.05) is 6.07 Å². The van der Waals surface area contributed by atoms with Crippen LogP contribution in [0.3, 0.4) is 0 Å². The molecular formula is C23H34N4O4S. The number of nitrogens with zero attached hydrogens (tertiary/aromatic N) is 2. The lowest BCUT2D eigenvalue weighted by molar-refractivity contribution is -0.133. The molecule has 8 nitrogen and oxygen atoms in total. The number of carbonyl (C=O) groups is 2. The minimum Gasteiger partial charge on any atom is -0.347 e. The van der Waals surface area contributed by atoms with E-state index in [4.69, 9.17) is 0 Å². The van der Waals surface area contributed by atoms with Crippen LogP contribution in [0.5, 0.6) is 0 Å². The molecular weight excluding hydrogens is 428 g/mol. The third-order valence-corrected chi connectivity index (χ3v) is 8.76. The predicted octanol–water partition coefficient (Wildman–Crippen LogP) is 2.05. The molecule has 0 spiro atoms. The SMILES string of the molecule is CC(C)N1CC(S(=O)(=O)NC(=O)Nc2c3c(cc4c2CCC4)CCC3)CC1C(=O)N(C)C. The van der Waals surface area contributed by atoms with Gasteiger partial charge in [0.2, 0.25) is 15.9 Å². The molecule has 1 heterocycles. The van der Waals surface area contributed by atoms with Crippen molar-refractivity contribution in [3.8, 4) is 0 Å². The van der Waals surface area contributed by atoms with Crippen LogP contribution in [-0.2, 0) is 40.5 Å². The molecule has 1 saturated heterocycles. The maximum absolute atomic E-state index is 13.1. The van der Waals surface area contributed by atoms with E-state index in [1.807, 2.05) is 18.7 Å². The van der Waals surface area contributed by atoms with E-state index in [1.54, 1.807) is 14.1 Å². The van der Waals surface area contributed by atoms with E-state index in [0.717, 1.165) is 55.3 Å². The Morgan fingerprint density at radius 1 is 1.06 bits per heavy atom. The Bertz CT molecular complexity index is 1000. The zero-order valence-electron chi connectivity index (χ0n) is 19.4.